The molecular formula is C18H21Cl2N4O+. The van der Waals surface area contributed by atoms with E-state index >= 15 is 0 Å². The van der Waals surface area contributed by atoms with Crippen LogP contribution in [-0.4, -0.2) is 43.6 Å². The molecule has 0 saturated carbocycles. The molecule has 1 aliphatic heterocycles. The number of aromatic nitrogens is 1. The maximum atomic E-state index is 12.2. The molecule has 1 saturated heterocycles. The standard InChI is InChI=1S/C18H20Cl2N4O/c1-13-4-5-14(19)11-16(13)24-9-7-23(8-10-24)12-17(25)22-15-3-2-6-21-18(15)20/h2-6,11H,7-10,12H2,1H3,(H,22,25)/p+1. The summed E-state index contributed by atoms with van der Waals surface area (Å²) in [5, 5.41) is 3.90. The summed E-state index contributed by atoms with van der Waals surface area (Å²) in [5.41, 5.74) is 2.96. The molecule has 5 nitrogen and oxygen atoms in total. The van der Waals surface area contributed by atoms with Gasteiger partial charge in [-0.3, -0.25) is 4.79 Å². The Kier molecular flexibility index (Phi) is 5.78. The molecule has 2 heterocycles. The molecule has 0 aliphatic carbocycles. The van der Waals surface area contributed by atoms with Gasteiger partial charge in [0.15, 0.2) is 11.7 Å². The number of hydrogen-bond donors (Lipinski definition) is 2. The van der Waals surface area contributed by atoms with E-state index in [4.69, 9.17) is 23.2 Å². The molecule has 0 atom stereocenters. The summed E-state index contributed by atoms with van der Waals surface area (Å²) >= 11 is 12.1. The van der Waals surface area contributed by atoms with Crippen LogP contribution in [-0.2, 0) is 4.79 Å². The summed E-state index contributed by atoms with van der Waals surface area (Å²) in [6.07, 6.45) is 1.60. The number of anilines is 2. The van der Waals surface area contributed by atoms with Gasteiger partial charge in [-0.05, 0) is 36.8 Å². The molecule has 132 valence electrons. The van der Waals surface area contributed by atoms with Crippen molar-refractivity contribution in [3.63, 3.8) is 0 Å². The van der Waals surface area contributed by atoms with Gasteiger partial charge < -0.3 is 15.1 Å². The molecule has 2 aromatic rings. The number of aryl methyl sites for hydroxylation is 1. The molecular weight excluding hydrogens is 359 g/mol. The van der Waals surface area contributed by atoms with Crippen molar-refractivity contribution in [1.29, 1.82) is 0 Å². The number of carbonyl (C=O) groups excluding carboxylic acids is 1. The Morgan fingerprint density at radius 2 is 2.04 bits per heavy atom. The van der Waals surface area contributed by atoms with Gasteiger partial charge in [-0.1, -0.05) is 29.3 Å². The van der Waals surface area contributed by atoms with Crippen molar-refractivity contribution in [3.05, 3.63) is 52.3 Å². The smallest absolute Gasteiger partial charge is 0.279 e. The zero-order chi connectivity index (χ0) is 17.8. The first-order valence-corrected chi connectivity index (χ1v) is 9.03. The number of halogens is 2. The van der Waals surface area contributed by atoms with E-state index in [1.165, 1.54) is 16.2 Å². The Hall–Kier alpha value is -1.82. The van der Waals surface area contributed by atoms with Crippen LogP contribution in [0.1, 0.15) is 5.56 Å². The second-order valence-corrected chi connectivity index (χ2v) is 7.03. The second-order valence-electron chi connectivity index (χ2n) is 6.23. The van der Waals surface area contributed by atoms with Crippen LogP contribution in [0.2, 0.25) is 10.2 Å². The van der Waals surface area contributed by atoms with Crippen LogP contribution < -0.4 is 15.1 Å². The number of amides is 1. The van der Waals surface area contributed by atoms with E-state index in [1.54, 1.807) is 18.3 Å². The molecule has 1 amide bonds. The van der Waals surface area contributed by atoms with Gasteiger partial charge >= 0.3 is 0 Å². The van der Waals surface area contributed by atoms with Gasteiger partial charge in [0.1, 0.15) is 0 Å². The molecule has 25 heavy (non-hydrogen) atoms. The summed E-state index contributed by atoms with van der Waals surface area (Å²) in [7, 11) is 0. The third-order valence-corrected chi connectivity index (χ3v) is 4.96. The zero-order valence-electron chi connectivity index (χ0n) is 14.1. The van der Waals surface area contributed by atoms with E-state index in [2.05, 4.69) is 22.1 Å². The average Bonchev–Trinajstić information content (AvgIpc) is 2.60. The fourth-order valence-corrected chi connectivity index (χ4v) is 3.40. The third-order valence-electron chi connectivity index (χ3n) is 4.43. The SMILES string of the molecule is Cc1ccc(Cl)cc1N1CC[NH+](CC(=O)Nc2cccnc2Cl)CC1. The minimum atomic E-state index is -0.0442. The van der Waals surface area contributed by atoms with Gasteiger partial charge in [0.05, 0.1) is 31.9 Å². The lowest BCUT2D eigenvalue weighted by Gasteiger charge is -2.34. The molecule has 1 aliphatic rings. The number of rotatable bonds is 4. The second kappa shape index (κ2) is 8.04. The molecule has 0 radical (unpaired) electrons. The van der Waals surface area contributed by atoms with Crippen molar-refractivity contribution < 1.29 is 9.69 Å². The van der Waals surface area contributed by atoms with Crippen LogP contribution in [0.25, 0.3) is 0 Å². The Labute approximate surface area is 157 Å². The topological polar surface area (TPSA) is 49.7 Å². The highest BCUT2D eigenvalue weighted by atomic mass is 35.5. The minimum absolute atomic E-state index is 0.0442. The molecule has 7 heteroatoms. The number of piperazine rings is 1. The summed E-state index contributed by atoms with van der Waals surface area (Å²) < 4.78 is 0. The minimum Gasteiger partial charge on any atom is -0.360 e. The highest BCUT2D eigenvalue weighted by Gasteiger charge is 2.23. The fraction of sp³-hybridized carbons (Fsp3) is 0.333. The van der Waals surface area contributed by atoms with Gasteiger partial charge in [0.2, 0.25) is 0 Å². The molecule has 0 bridgehead atoms. The highest BCUT2D eigenvalue weighted by molar-refractivity contribution is 6.32. The average molecular weight is 380 g/mol. The lowest BCUT2D eigenvalue weighted by Crippen LogP contribution is -3.15. The van der Waals surface area contributed by atoms with Crippen molar-refractivity contribution in [2.75, 3.05) is 42.9 Å². The van der Waals surface area contributed by atoms with Crippen molar-refractivity contribution in [3.8, 4) is 0 Å². The van der Waals surface area contributed by atoms with Crippen molar-refractivity contribution in [1.82, 2.24) is 4.98 Å². The summed E-state index contributed by atoms with van der Waals surface area (Å²) in [6, 6.07) is 9.47. The van der Waals surface area contributed by atoms with Crippen molar-refractivity contribution >= 4 is 40.5 Å². The Morgan fingerprint density at radius 1 is 1.28 bits per heavy atom. The number of pyridine rings is 1. The lowest BCUT2D eigenvalue weighted by atomic mass is 10.1. The van der Waals surface area contributed by atoms with Crippen molar-refractivity contribution in [2.24, 2.45) is 0 Å². The van der Waals surface area contributed by atoms with Gasteiger partial charge in [0.25, 0.3) is 5.91 Å². The maximum absolute atomic E-state index is 12.2. The maximum Gasteiger partial charge on any atom is 0.279 e. The normalized spacial score (nSPS) is 15.2. The summed E-state index contributed by atoms with van der Waals surface area (Å²) in [5.74, 6) is -0.0442. The van der Waals surface area contributed by atoms with E-state index in [1.807, 2.05) is 18.2 Å². The van der Waals surface area contributed by atoms with E-state index in [-0.39, 0.29) is 5.91 Å². The predicted octanol–water partition coefficient (Wildman–Crippen LogP) is 2.04. The lowest BCUT2D eigenvalue weighted by molar-refractivity contribution is -0.892. The largest absolute Gasteiger partial charge is 0.360 e. The molecule has 1 fully saturated rings. The van der Waals surface area contributed by atoms with Gasteiger partial charge in [0, 0.05) is 16.9 Å². The van der Waals surface area contributed by atoms with Crippen LogP contribution >= 0.6 is 23.2 Å². The van der Waals surface area contributed by atoms with Gasteiger partial charge in [-0.15, -0.1) is 0 Å². The summed E-state index contributed by atoms with van der Waals surface area (Å²) in [4.78, 5) is 19.8. The molecule has 0 spiro atoms. The third kappa shape index (κ3) is 4.63. The highest BCUT2D eigenvalue weighted by Crippen LogP contribution is 2.24. The van der Waals surface area contributed by atoms with E-state index in [9.17, 15) is 4.79 Å². The van der Waals surface area contributed by atoms with Crippen LogP contribution in [0, 0.1) is 6.92 Å². The zero-order valence-corrected chi connectivity index (χ0v) is 15.6. The quantitative estimate of drug-likeness (QED) is 0.799. The van der Waals surface area contributed by atoms with Crippen LogP contribution in [0.5, 0.6) is 0 Å². The number of quaternary nitrogens is 1. The van der Waals surface area contributed by atoms with Crippen LogP contribution in [0.4, 0.5) is 11.4 Å². The van der Waals surface area contributed by atoms with Gasteiger partial charge in [-0.25, -0.2) is 4.98 Å². The molecule has 3 rings (SSSR count). The predicted molar refractivity (Wildman–Crippen MR) is 102 cm³/mol. The van der Waals surface area contributed by atoms with E-state index < -0.39 is 0 Å². The molecule has 0 unspecified atom stereocenters. The Morgan fingerprint density at radius 3 is 2.76 bits per heavy atom. The Balaban J connectivity index is 1.53. The molecule has 1 aromatic heterocycles. The number of carbonyl (C=O) groups is 1. The van der Waals surface area contributed by atoms with Crippen LogP contribution in [0.3, 0.4) is 0 Å². The fourth-order valence-electron chi connectivity index (χ4n) is 3.06. The number of nitrogens with zero attached hydrogens (tertiary/aromatic N) is 2. The van der Waals surface area contributed by atoms with Gasteiger partial charge in [-0.2, -0.15) is 0 Å². The summed E-state index contributed by atoms with van der Waals surface area (Å²) in [6.45, 7) is 6.12. The van der Waals surface area contributed by atoms with E-state index in [0.717, 1.165) is 31.2 Å². The Bertz CT molecular complexity index is 760. The molecule has 1 aromatic carbocycles. The first-order valence-electron chi connectivity index (χ1n) is 8.28. The number of hydrogen-bond acceptors (Lipinski definition) is 3. The molecule has 2 N–H and O–H groups in total. The first kappa shape index (κ1) is 18.0. The van der Waals surface area contributed by atoms with E-state index in [0.29, 0.717) is 17.4 Å². The monoisotopic (exact) mass is 379 g/mol. The number of nitrogens with one attached hydrogen (secondary N) is 2. The number of benzene rings is 1. The van der Waals surface area contributed by atoms with Crippen molar-refractivity contribution in [2.45, 2.75) is 6.92 Å². The first-order chi connectivity index (χ1) is 12.0. The van der Waals surface area contributed by atoms with Crippen LogP contribution in [0.15, 0.2) is 36.5 Å².